The van der Waals surface area contributed by atoms with E-state index in [1.807, 2.05) is 5.48 Å². The number of nitrogen functional groups attached to an aromatic ring is 1. The maximum Gasteiger partial charge on any atom is 0.474 e. The lowest BCUT2D eigenvalue weighted by molar-refractivity contribution is -0.232. The number of nitrogens with zero attached hydrogens (tertiary/aromatic N) is 2. The van der Waals surface area contributed by atoms with Gasteiger partial charge in [-0.25, -0.2) is 14.8 Å². The van der Waals surface area contributed by atoms with Crippen LogP contribution in [0.3, 0.4) is 0 Å². The Labute approximate surface area is 260 Å². The zero-order chi connectivity index (χ0) is 34.2. The first-order valence-corrected chi connectivity index (χ1v) is 15.2. The third-order valence-electron chi connectivity index (χ3n) is 6.77. The van der Waals surface area contributed by atoms with Crippen molar-refractivity contribution in [1.82, 2.24) is 20.3 Å². The number of hydrogen-bond donors (Lipinski definition) is 10. The van der Waals surface area contributed by atoms with E-state index in [0.29, 0.717) is 0 Å². The van der Waals surface area contributed by atoms with Gasteiger partial charge in [-0.15, -0.1) is 0 Å². The Morgan fingerprint density at radius 2 is 1.91 bits per heavy atom. The van der Waals surface area contributed by atoms with Crippen LogP contribution in [-0.4, -0.2) is 145 Å². The molecule has 3 rings (SSSR count). The normalized spacial score (nSPS) is 30.7. The number of nitrogens with one attached hydrogen (secondary N) is 2. The van der Waals surface area contributed by atoms with Gasteiger partial charge in [-0.1, -0.05) is 0 Å². The van der Waals surface area contributed by atoms with Gasteiger partial charge in [-0.2, -0.15) is 4.98 Å². The van der Waals surface area contributed by atoms with Gasteiger partial charge in [-0.05, 0) is 6.07 Å². The number of aliphatic hydroxyl groups excluding tert-OH is 6. The Morgan fingerprint density at radius 1 is 1.20 bits per heavy atom. The van der Waals surface area contributed by atoms with Crippen LogP contribution in [0.5, 0.6) is 0 Å². The molecule has 2 saturated heterocycles. The molecule has 1 aromatic rings. The number of phosphoric ester groups is 1. The molecule has 3 heterocycles. The van der Waals surface area contributed by atoms with Crippen LogP contribution in [0.1, 0.15) is 19.1 Å². The average molecular weight is 688 g/mol. The fourth-order valence-corrected chi connectivity index (χ4v) is 5.31. The SMILES string of the molecule is COCCONC(=O)CC(=O)N[C@H]1C([C@H](O)[C@H](O)CO)O[C@@H](OP(=O)(O)OCC2OC(n3ccc(N)nc3=O)[C@H](O)[C@@H]2O)C[C@H]1O. The predicted octanol–water partition coefficient (Wildman–Crippen LogP) is -5.66. The van der Waals surface area contributed by atoms with Gasteiger partial charge < -0.3 is 60.8 Å². The number of amides is 2. The van der Waals surface area contributed by atoms with Crippen molar-refractivity contribution in [3.63, 3.8) is 0 Å². The molecule has 2 aliphatic rings. The molecule has 22 nitrogen and oxygen atoms in total. The summed E-state index contributed by atoms with van der Waals surface area (Å²) in [5.74, 6) is -1.96. The summed E-state index contributed by atoms with van der Waals surface area (Å²) in [6.07, 6.45) is -15.7. The average Bonchev–Trinajstić information content (AvgIpc) is 3.27. The van der Waals surface area contributed by atoms with E-state index in [0.717, 1.165) is 10.8 Å². The van der Waals surface area contributed by atoms with E-state index >= 15 is 0 Å². The molecule has 2 aliphatic heterocycles. The quantitative estimate of drug-likeness (QED) is 0.0335. The molecule has 2 fully saturated rings. The lowest BCUT2D eigenvalue weighted by Gasteiger charge is -2.42. The summed E-state index contributed by atoms with van der Waals surface area (Å²) in [5.41, 5.74) is 6.52. The third-order valence-corrected chi connectivity index (χ3v) is 7.75. The smallest absolute Gasteiger partial charge is 0.394 e. The van der Waals surface area contributed by atoms with Crippen LogP contribution in [-0.2, 0) is 42.2 Å². The van der Waals surface area contributed by atoms with E-state index in [4.69, 9.17) is 33.8 Å². The van der Waals surface area contributed by atoms with Crippen molar-refractivity contribution in [2.45, 2.75) is 74.1 Å². The van der Waals surface area contributed by atoms with Crippen LogP contribution in [0.2, 0.25) is 0 Å². The maximum atomic E-state index is 12.7. The predicted molar refractivity (Wildman–Crippen MR) is 147 cm³/mol. The van der Waals surface area contributed by atoms with E-state index in [2.05, 4.69) is 10.3 Å². The highest BCUT2D eigenvalue weighted by Gasteiger charge is 2.48. The lowest BCUT2D eigenvalue weighted by atomic mass is 9.92. The van der Waals surface area contributed by atoms with Crippen LogP contribution in [0.15, 0.2) is 17.1 Å². The molecule has 0 saturated carbocycles. The van der Waals surface area contributed by atoms with E-state index in [9.17, 15) is 54.5 Å². The maximum absolute atomic E-state index is 12.7. The molecule has 2 amide bonds. The van der Waals surface area contributed by atoms with Gasteiger partial charge in [0, 0.05) is 19.7 Å². The summed E-state index contributed by atoms with van der Waals surface area (Å²) in [6.45, 7) is -1.70. The van der Waals surface area contributed by atoms with Crippen molar-refractivity contribution in [3.05, 3.63) is 22.7 Å². The molecular formula is C23H38N5O17P. The van der Waals surface area contributed by atoms with Gasteiger partial charge in [0.2, 0.25) is 5.91 Å². The molecule has 23 heteroatoms. The first-order chi connectivity index (χ1) is 21.7. The molecule has 0 radical (unpaired) electrons. The molecule has 0 aliphatic carbocycles. The molecule has 4 unspecified atom stereocenters. The second-order valence-electron chi connectivity index (χ2n) is 10.2. The van der Waals surface area contributed by atoms with E-state index in [1.165, 1.54) is 13.2 Å². The van der Waals surface area contributed by atoms with Crippen molar-refractivity contribution in [1.29, 1.82) is 0 Å². The van der Waals surface area contributed by atoms with Crippen molar-refractivity contribution < 1.29 is 77.8 Å². The summed E-state index contributed by atoms with van der Waals surface area (Å²) in [6, 6.07) is -0.282. The number of ether oxygens (including phenoxy) is 3. The van der Waals surface area contributed by atoms with Crippen molar-refractivity contribution in [3.8, 4) is 0 Å². The van der Waals surface area contributed by atoms with E-state index in [-0.39, 0.29) is 19.0 Å². The summed E-state index contributed by atoms with van der Waals surface area (Å²) in [4.78, 5) is 55.1. The first kappa shape index (κ1) is 37.8. The standard InChI is InChI=1S/C23H38N5O17P/c1-40-4-5-41-27-15(33)7-14(32)26-17-10(30)6-16(44-21(17)18(34)11(31)8-29)45-46(38,39)42-9-12-19(35)20(36)22(43-12)28-3-2-13(24)25-23(28)37/h2-3,10-12,16-22,29-31,34-36H,4-9H2,1H3,(H,26,32)(H,27,33)(H,38,39)(H2,24,25,37)/t10-,11-,12?,16+,17-,18-,19-,20-,21?,22?/m1/s1. The van der Waals surface area contributed by atoms with Crippen molar-refractivity contribution in [2.75, 3.05) is 39.3 Å². The molecule has 0 aromatic carbocycles. The second kappa shape index (κ2) is 16.9. The summed E-state index contributed by atoms with van der Waals surface area (Å²) < 4.78 is 39.0. The second-order valence-corrected chi connectivity index (χ2v) is 11.6. The number of rotatable bonds is 16. The van der Waals surface area contributed by atoms with Crippen LogP contribution in [0.25, 0.3) is 0 Å². The summed E-state index contributed by atoms with van der Waals surface area (Å²) in [5, 5.41) is 63.5. The largest absolute Gasteiger partial charge is 0.474 e. The Hall–Kier alpha value is -2.67. The highest BCUT2D eigenvalue weighted by Crippen LogP contribution is 2.47. The minimum Gasteiger partial charge on any atom is -0.394 e. The minimum atomic E-state index is -5.13. The number of methoxy groups -OCH3 is 1. The number of carbonyl (C=O) groups excluding carboxylic acids is 2. The number of anilines is 1. The van der Waals surface area contributed by atoms with Gasteiger partial charge in [0.1, 0.15) is 48.9 Å². The van der Waals surface area contributed by atoms with Crippen LogP contribution < -0.4 is 22.2 Å². The number of nitrogens with two attached hydrogens (primary N) is 1. The van der Waals surface area contributed by atoms with E-state index < -0.39 is 113 Å². The number of aromatic nitrogens is 2. The zero-order valence-electron chi connectivity index (χ0n) is 24.3. The summed E-state index contributed by atoms with van der Waals surface area (Å²) >= 11 is 0. The minimum absolute atomic E-state index is 0.00836. The Morgan fingerprint density at radius 3 is 2.57 bits per heavy atom. The van der Waals surface area contributed by atoms with Gasteiger partial charge in [0.15, 0.2) is 12.5 Å². The molecule has 0 spiro atoms. The Kier molecular flexibility index (Phi) is 13.9. The van der Waals surface area contributed by atoms with Gasteiger partial charge >= 0.3 is 13.5 Å². The first-order valence-electron chi connectivity index (χ1n) is 13.7. The van der Waals surface area contributed by atoms with Crippen molar-refractivity contribution >= 4 is 25.5 Å². The Bertz CT molecular complexity index is 1270. The van der Waals surface area contributed by atoms with Crippen molar-refractivity contribution in [2.24, 2.45) is 0 Å². The third kappa shape index (κ3) is 10.2. The van der Waals surface area contributed by atoms with Gasteiger partial charge in [0.05, 0.1) is 38.6 Å². The zero-order valence-corrected chi connectivity index (χ0v) is 25.2. The topological polar surface area (TPSA) is 333 Å². The molecular weight excluding hydrogens is 649 g/mol. The monoisotopic (exact) mass is 687 g/mol. The number of carbonyl (C=O) groups is 2. The van der Waals surface area contributed by atoms with Gasteiger partial charge in [0.25, 0.3) is 5.91 Å². The fourth-order valence-electron chi connectivity index (χ4n) is 4.48. The summed E-state index contributed by atoms with van der Waals surface area (Å²) in [7, 11) is -3.72. The lowest BCUT2D eigenvalue weighted by Crippen LogP contribution is -2.63. The van der Waals surface area contributed by atoms with Gasteiger partial charge in [-0.3, -0.25) is 28.0 Å². The number of hydroxylamine groups is 1. The molecule has 11 atom stereocenters. The number of aliphatic hydroxyl groups is 6. The molecule has 1 aromatic heterocycles. The number of phosphoric acid groups is 1. The molecule has 262 valence electrons. The number of hydrogen-bond acceptors (Lipinski definition) is 18. The molecule has 0 bridgehead atoms. The Balaban J connectivity index is 1.62. The van der Waals surface area contributed by atoms with E-state index in [1.54, 1.807) is 0 Å². The highest BCUT2D eigenvalue weighted by molar-refractivity contribution is 7.47. The highest BCUT2D eigenvalue weighted by atomic mass is 31.2. The fraction of sp³-hybridized carbons (Fsp3) is 0.739. The molecule has 46 heavy (non-hydrogen) atoms. The van der Waals surface area contributed by atoms with Crippen LogP contribution >= 0.6 is 7.82 Å². The molecule has 11 N–H and O–H groups in total. The van der Waals surface area contributed by atoms with Crippen LogP contribution in [0, 0.1) is 0 Å². The van der Waals surface area contributed by atoms with Crippen LogP contribution in [0.4, 0.5) is 5.82 Å².